The number of hydrogen-bond donors (Lipinski definition) is 1. The van der Waals surface area contributed by atoms with Gasteiger partial charge in [0.15, 0.2) is 0 Å². The van der Waals surface area contributed by atoms with Crippen LogP contribution in [0.1, 0.15) is 49.2 Å². The number of aromatic nitrogens is 2. The lowest BCUT2D eigenvalue weighted by molar-refractivity contribution is 0.0907. The average Bonchev–Trinajstić information content (AvgIpc) is 3.35. The second-order valence-electron chi connectivity index (χ2n) is 6.62. The zero-order chi connectivity index (χ0) is 16.4. The van der Waals surface area contributed by atoms with E-state index in [1.165, 1.54) is 31.4 Å². The molecule has 1 saturated carbocycles. The van der Waals surface area contributed by atoms with Gasteiger partial charge in [-0.1, -0.05) is 18.0 Å². The summed E-state index contributed by atoms with van der Waals surface area (Å²) in [6, 6.07) is 8.46. The Morgan fingerprint density at radius 3 is 2.46 bits per heavy atom. The van der Waals surface area contributed by atoms with Crippen LogP contribution in [0.5, 0.6) is 0 Å². The van der Waals surface area contributed by atoms with Crippen LogP contribution < -0.4 is 10.2 Å². The Kier molecular flexibility index (Phi) is 4.19. The molecule has 2 heterocycles. The molecule has 0 radical (unpaired) electrons. The van der Waals surface area contributed by atoms with E-state index in [1.807, 2.05) is 12.1 Å². The predicted octanol–water partition coefficient (Wildman–Crippen LogP) is 3.01. The monoisotopic (exact) mass is 326 g/mol. The Morgan fingerprint density at radius 1 is 1.08 bits per heavy atom. The summed E-state index contributed by atoms with van der Waals surface area (Å²) in [7, 11) is 0. The molecule has 4 rings (SSSR count). The lowest BCUT2D eigenvalue weighted by Gasteiger charge is -2.22. The largest absolute Gasteiger partial charge is 0.372 e. The van der Waals surface area contributed by atoms with Crippen LogP contribution in [0.3, 0.4) is 0 Å². The third kappa shape index (κ3) is 3.42. The number of carbonyl (C=O) groups is 1. The summed E-state index contributed by atoms with van der Waals surface area (Å²) in [6.07, 6.45) is 7.22. The third-order valence-electron chi connectivity index (χ3n) is 4.63. The molecule has 1 aromatic heterocycles. The molecule has 1 saturated heterocycles. The molecule has 0 spiro atoms. The first-order chi connectivity index (χ1) is 11.8. The summed E-state index contributed by atoms with van der Waals surface area (Å²) in [4.78, 5) is 18.6. The Morgan fingerprint density at radius 2 is 1.79 bits per heavy atom. The lowest BCUT2D eigenvalue weighted by atomic mass is 10.2. The van der Waals surface area contributed by atoms with Gasteiger partial charge >= 0.3 is 11.8 Å². The molecular weight excluding hydrogens is 304 g/mol. The van der Waals surface area contributed by atoms with Crippen LogP contribution >= 0.6 is 0 Å². The van der Waals surface area contributed by atoms with Crippen LogP contribution in [0.2, 0.25) is 0 Å². The first-order valence-corrected chi connectivity index (χ1v) is 8.79. The molecule has 6 heteroatoms. The van der Waals surface area contributed by atoms with Crippen molar-refractivity contribution in [3.63, 3.8) is 0 Å². The highest BCUT2D eigenvalue weighted by Gasteiger charge is 2.26. The SMILES string of the molecule is O=C(NC1CC1)c1nc(-c2ccc(N3CCCCCC3)cc2)no1. The number of nitrogens with one attached hydrogen (secondary N) is 1. The minimum atomic E-state index is -0.280. The molecule has 1 aliphatic carbocycles. The molecule has 1 aliphatic heterocycles. The van der Waals surface area contributed by atoms with E-state index in [1.54, 1.807) is 0 Å². The number of rotatable bonds is 4. The van der Waals surface area contributed by atoms with Crippen molar-refractivity contribution in [3.05, 3.63) is 30.2 Å². The Labute approximate surface area is 141 Å². The quantitative estimate of drug-likeness (QED) is 0.935. The average molecular weight is 326 g/mol. The Hall–Kier alpha value is -2.37. The van der Waals surface area contributed by atoms with Gasteiger partial charge in [0.05, 0.1) is 0 Å². The number of benzene rings is 1. The first-order valence-electron chi connectivity index (χ1n) is 8.79. The predicted molar refractivity (Wildman–Crippen MR) is 90.9 cm³/mol. The maximum absolute atomic E-state index is 11.9. The van der Waals surface area contributed by atoms with Gasteiger partial charge in [-0.2, -0.15) is 4.98 Å². The van der Waals surface area contributed by atoms with E-state index in [2.05, 4.69) is 32.5 Å². The highest BCUT2D eigenvalue weighted by atomic mass is 16.5. The molecule has 1 N–H and O–H groups in total. The van der Waals surface area contributed by atoms with E-state index in [9.17, 15) is 4.79 Å². The van der Waals surface area contributed by atoms with Gasteiger partial charge < -0.3 is 14.7 Å². The van der Waals surface area contributed by atoms with E-state index < -0.39 is 0 Å². The summed E-state index contributed by atoms with van der Waals surface area (Å²) < 4.78 is 5.09. The number of carbonyl (C=O) groups excluding carboxylic acids is 1. The van der Waals surface area contributed by atoms with Gasteiger partial charge in [-0.25, -0.2) is 0 Å². The Balaban J connectivity index is 1.46. The molecule has 126 valence electrons. The van der Waals surface area contributed by atoms with Gasteiger partial charge in [0.1, 0.15) is 0 Å². The van der Waals surface area contributed by atoms with Crippen molar-refractivity contribution >= 4 is 11.6 Å². The second-order valence-corrected chi connectivity index (χ2v) is 6.62. The minimum Gasteiger partial charge on any atom is -0.372 e. The van der Waals surface area contributed by atoms with Gasteiger partial charge in [-0.05, 0) is 49.9 Å². The summed E-state index contributed by atoms with van der Waals surface area (Å²) in [5.74, 6) is 0.212. The molecule has 0 bridgehead atoms. The number of hydrogen-bond acceptors (Lipinski definition) is 5. The Bertz CT molecular complexity index is 698. The minimum absolute atomic E-state index is 0.0356. The lowest BCUT2D eigenvalue weighted by Crippen LogP contribution is -2.25. The highest BCUT2D eigenvalue weighted by Crippen LogP contribution is 2.24. The molecule has 2 aliphatic rings. The van der Waals surface area contributed by atoms with Crippen molar-refractivity contribution in [3.8, 4) is 11.4 Å². The van der Waals surface area contributed by atoms with Crippen LogP contribution in [0.15, 0.2) is 28.8 Å². The second kappa shape index (κ2) is 6.63. The van der Waals surface area contributed by atoms with E-state index in [0.717, 1.165) is 31.5 Å². The van der Waals surface area contributed by atoms with Crippen molar-refractivity contribution in [1.82, 2.24) is 15.5 Å². The fourth-order valence-corrected chi connectivity index (χ4v) is 3.06. The molecule has 0 atom stereocenters. The molecule has 0 unspecified atom stereocenters. The molecule has 2 fully saturated rings. The summed E-state index contributed by atoms with van der Waals surface area (Å²) in [5.41, 5.74) is 2.10. The molecule has 2 aromatic rings. The van der Waals surface area contributed by atoms with Crippen molar-refractivity contribution in [2.75, 3.05) is 18.0 Å². The zero-order valence-corrected chi connectivity index (χ0v) is 13.7. The van der Waals surface area contributed by atoms with Crippen molar-refractivity contribution in [2.45, 2.75) is 44.6 Å². The molecule has 24 heavy (non-hydrogen) atoms. The third-order valence-corrected chi connectivity index (χ3v) is 4.63. The summed E-state index contributed by atoms with van der Waals surface area (Å²) in [5, 5.41) is 6.78. The fourth-order valence-electron chi connectivity index (χ4n) is 3.06. The van der Waals surface area contributed by atoms with Crippen LogP contribution in [0, 0.1) is 0 Å². The highest BCUT2D eigenvalue weighted by molar-refractivity contribution is 5.90. The summed E-state index contributed by atoms with van der Waals surface area (Å²) >= 11 is 0. The van der Waals surface area contributed by atoms with Crippen LogP contribution in [-0.2, 0) is 0 Å². The van der Waals surface area contributed by atoms with E-state index in [0.29, 0.717) is 5.82 Å². The molecule has 6 nitrogen and oxygen atoms in total. The van der Waals surface area contributed by atoms with Crippen LogP contribution in [0.4, 0.5) is 5.69 Å². The van der Waals surface area contributed by atoms with Crippen molar-refractivity contribution in [1.29, 1.82) is 0 Å². The summed E-state index contributed by atoms with van der Waals surface area (Å²) in [6.45, 7) is 2.24. The maximum atomic E-state index is 11.9. The molecular formula is C18H22N4O2. The molecule has 1 aromatic carbocycles. The standard InChI is InChI=1S/C18H22N4O2/c23-17(19-14-7-8-14)18-20-16(21-24-18)13-5-9-15(10-6-13)22-11-3-1-2-4-12-22/h5-6,9-10,14H,1-4,7-8,11-12H2,(H,19,23). The van der Waals surface area contributed by atoms with Gasteiger partial charge in [0.25, 0.3) is 0 Å². The fraction of sp³-hybridized carbons (Fsp3) is 0.500. The van der Waals surface area contributed by atoms with E-state index in [-0.39, 0.29) is 17.8 Å². The normalized spacial score (nSPS) is 18.2. The van der Waals surface area contributed by atoms with E-state index >= 15 is 0 Å². The van der Waals surface area contributed by atoms with Crippen molar-refractivity contribution in [2.24, 2.45) is 0 Å². The maximum Gasteiger partial charge on any atom is 0.316 e. The van der Waals surface area contributed by atoms with Gasteiger partial charge in [-0.3, -0.25) is 4.79 Å². The first kappa shape index (κ1) is 15.2. The molecule has 1 amide bonds. The van der Waals surface area contributed by atoms with Crippen LogP contribution in [-0.4, -0.2) is 35.2 Å². The topological polar surface area (TPSA) is 71.3 Å². The number of nitrogens with zero attached hydrogens (tertiary/aromatic N) is 3. The number of amides is 1. The van der Waals surface area contributed by atoms with Crippen LogP contribution in [0.25, 0.3) is 11.4 Å². The van der Waals surface area contributed by atoms with Gasteiger partial charge in [-0.15, -0.1) is 0 Å². The van der Waals surface area contributed by atoms with Gasteiger partial charge in [0.2, 0.25) is 5.82 Å². The number of anilines is 1. The van der Waals surface area contributed by atoms with Gasteiger partial charge in [0, 0.05) is 30.4 Å². The van der Waals surface area contributed by atoms with Crippen molar-refractivity contribution < 1.29 is 9.32 Å². The smallest absolute Gasteiger partial charge is 0.316 e. The van der Waals surface area contributed by atoms with E-state index in [4.69, 9.17) is 4.52 Å². The zero-order valence-electron chi connectivity index (χ0n) is 13.7.